The minimum atomic E-state index is -0.507. The largest absolute Gasteiger partial charge is 0.465 e. The number of ether oxygens (including phenoxy) is 1. The molecule has 80 valence electrons. The molecule has 1 aromatic heterocycles. The van der Waals surface area contributed by atoms with Crippen molar-refractivity contribution >= 4 is 17.6 Å². The van der Waals surface area contributed by atoms with Gasteiger partial charge in [0.25, 0.3) is 0 Å². The third-order valence-electron chi connectivity index (χ3n) is 1.65. The summed E-state index contributed by atoms with van der Waals surface area (Å²) in [4.78, 5) is 15.0. The van der Waals surface area contributed by atoms with Crippen LogP contribution in [0.5, 0.6) is 0 Å². The zero-order chi connectivity index (χ0) is 12.0. The number of carbonyl (C=O) groups is 1. The Kier molecular flexibility index (Phi) is 4.32. The van der Waals surface area contributed by atoms with Gasteiger partial charge in [0, 0.05) is 6.20 Å². The number of hydrogen-bond acceptors (Lipinski definition) is 4. The molecule has 0 aromatic carbocycles. The van der Waals surface area contributed by atoms with Gasteiger partial charge in [0.05, 0.1) is 30.7 Å². The van der Waals surface area contributed by atoms with Crippen LogP contribution in [0.4, 0.5) is 0 Å². The Morgan fingerprint density at radius 2 is 2.44 bits per heavy atom. The lowest BCUT2D eigenvalue weighted by atomic mass is 10.2. The number of hydrogen-bond donors (Lipinski definition) is 0. The summed E-state index contributed by atoms with van der Waals surface area (Å²) in [5.74, 6) is 4.74. The summed E-state index contributed by atoms with van der Waals surface area (Å²) in [5.41, 5.74) is 0.674. The van der Waals surface area contributed by atoms with Crippen LogP contribution in [0.2, 0.25) is 5.15 Å². The van der Waals surface area contributed by atoms with Gasteiger partial charge >= 0.3 is 5.97 Å². The third-order valence-corrected chi connectivity index (χ3v) is 1.95. The van der Waals surface area contributed by atoms with Crippen LogP contribution in [-0.4, -0.2) is 18.1 Å². The maximum atomic E-state index is 11.2. The molecule has 4 nitrogen and oxygen atoms in total. The number of halogens is 1. The first-order chi connectivity index (χ1) is 7.69. The Labute approximate surface area is 97.8 Å². The Morgan fingerprint density at radius 1 is 1.69 bits per heavy atom. The molecule has 0 aliphatic heterocycles. The highest BCUT2D eigenvalue weighted by Crippen LogP contribution is 2.13. The maximum Gasteiger partial charge on any atom is 0.339 e. The average molecular weight is 235 g/mol. The zero-order valence-corrected chi connectivity index (χ0v) is 9.21. The number of carbonyl (C=O) groups excluding carboxylic acids is 1. The Hall–Kier alpha value is -2.04. The highest BCUT2D eigenvalue weighted by molar-refractivity contribution is 6.30. The van der Waals surface area contributed by atoms with Gasteiger partial charge in [-0.15, -0.1) is 0 Å². The van der Waals surface area contributed by atoms with Crippen LogP contribution in [0.1, 0.15) is 22.3 Å². The summed E-state index contributed by atoms with van der Waals surface area (Å²) in [7, 11) is 1.28. The van der Waals surface area contributed by atoms with Crippen molar-refractivity contribution in [3.8, 4) is 17.9 Å². The van der Waals surface area contributed by atoms with E-state index in [1.807, 2.05) is 6.07 Å². The second kappa shape index (κ2) is 5.75. The van der Waals surface area contributed by atoms with E-state index in [4.69, 9.17) is 16.9 Å². The van der Waals surface area contributed by atoms with Gasteiger partial charge in [0.1, 0.15) is 5.15 Å². The smallest absolute Gasteiger partial charge is 0.339 e. The fourth-order valence-corrected chi connectivity index (χ4v) is 1.09. The van der Waals surface area contributed by atoms with Gasteiger partial charge in [-0.2, -0.15) is 5.26 Å². The van der Waals surface area contributed by atoms with Gasteiger partial charge in [0.2, 0.25) is 0 Å². The summed E-state index contributed by atoms with van der Waals surface area (Å²) in [6.07, 6.45) is 1.41. The van der Waals surface area contributed by atoms with Gasteiger partial charge < -0.3 is 4.74 Å². The number of aromatic nitrogens is 1. The lowest BCUT2D eigenvalue weighted by Gasteiger charge is -2.00. The summed E-state index contributed by atoms with van der Waals surface area (Å²) >= 11 is 5.77. The predicted octanol–water partition coefficient (Wildman–Crippen LogP) is 1.79. The van der Waals surface area contributed by atoms with E-state index in [0.717, 1.165) is 0 Å². The average Bonchev–Trinajstić information content (AvgIpc) is 2.31. The summed E-state index contributed by atoms with van der Waals surface area (Å²) < 4.78 is 4.53. The summed E-state index contributed by atoms with van der Waals surface area (Å²) in [6.45, 7) is 0. The highest BCUT2D eigenvalue weighted by atomic mass is 35.5. The number of nitrogens with zero attached hydrogens (tertiary/aromatic N) is 2. The zero-order valence-electron chi connectivity index (χ0n) is 8.45. The number of nitriles is 1. The van der Waals surface area contributed by atoms with Crippen molar-refractivity contribution < 1.29 is 9.53 Å². The number of esters is 1. The van der Waals surface area contributed by atoms with Crippen molar-refractivity contribution in [3.63, 3.8) is 0 Å². The van der Waals surface area contributed by atoms with Crippen LogP contribution >= 0.6 is 11.6 Å². The minimum Gasteiger partial charge on any atom is -0.465 e. The van der Waals surface area contributed by atoms with Crippen LogP contribution in [0.15, 0.2) is 12.3 Å². The standard InChI is InChI=1S/C11H7ClN2O2/c1-16-11(15)9-6-8(4-2-3-5-13)10(12)14-7-9/h6-7H,3H2,1H3. The van der Waals surface area contributed by atoms with E-state index in [-0.39, 0.29) is 17.1 Å². The van der Waals surface area contributed by atoms with E-state index in [2.05, 4.69) is 21.6 Å². The fraction of sp³-hybridized carbons (Fsp3) is 0.182. The molecule has 0 amide bonds. The Balaban J connectivity index is 3.06. The Bertz CT molecular complexity index is 509. The van der Waals surface area contributed by atoms with E-state index in [1.54, 1.807) is 0 Å². The van der Waals surface area contributed by atoms with Crippen molar-refractivity contribution in [3.05, 3.63) is 28.5 Å². The topological polar surface area (TPSA) is 63.0 Å². The molecule has 16 heavy (non-hydrogen) atoms. The summed E-state index contributed by atoms with van der Waals surface area (Å²) in [6, 6.07) is 3.35. The van der Waals surface area contributed by atoms with E-state index in [1.165, 1.54) is 19.4 Å². The van der Waals surface area contributed by atoms with Gasteiger partial charge in [-0.1, -0.05) is 23.4 Å². The molecule has 0 atom stereocenters. The van der Waals surface area contributed by atoms with E-state index in [0.29, 0.717) is 5.56 Å². The van der Waals surface area contributed by atoms with Gasteiger partial charge in [-0.25, -0.2) is 9.78 Å². The highest BCUT2D eigenvalue weighted by Gasteiger charge is 2.08. The van der Waals surface area contributed by atoms with E-state index >= 15 is 0 Å². The van der Waals surface area contributed by atoms with Gasteiger partial charge in [-0.3, -0.25) is 0 Å². The first-order valence-electron chi connectivity index (χ1n) is 4.28. The lowest BCUT2D eigenvalue weighted by Crippen LogP contribution is -2.02. The first-order valence-corrected chi connectivity index (χ1v) is 4.66. The molecule has 0 saturated heterocycles. The maximum absolute atomic E-state index is 11.2. The number of methoxy groups -OCH3 is 1. The lowest BCUT2D eigenvalue weighted by molar-refractivity contribution is 0.0600. The molecule has 0 bridgehead atoms. The van der Waals surface area contributed by atoms with Gasteiger partial charge in [-0.05, 0) is 6.07 Å². The molecule has 0 spiro atoms. The molecule has 1 heterocycles. The first kappa shape index (κ1) is 12.0. The molecule has 0 unspecified atom stereocenters. The second-order valence-corrected chi connectivity index (χ2v) is 3.05. The number of rotatable bonds is 1. The summed E-state index contributed by atoms with van der Waals surface area (Å²) in [5, 5.41) is 8.51. The second-order valence-electron chi connectivity index (χ2n) is 2.69. The van der Waals surface area contributed by atoms with Crippen LogP contribution in [0.3, 0.4) is 0 Å². The monoisotopic (exact) mass is 234 g/mol. The molecule has 5 heteroatoms. The molecular weight excluding hydrogens is 228 g/mol. The van der Waals surface area contributed by atoms with E-state index < -0.39 is 5.97 Å². The van der Waals surface area contributed by atoms with E-state index in [9.17, 15) is 4.79 Å². The van der Waals surface area contributed by atoms with Crippen LogP contribution in [0, 0.1) is 23.2 Å². The molecule has 0 aliphatic rings. The molecule has 0 saturated carbocycles. The van der Waals surface area contributed by atoms with Gasteiger partial charge in [0.15, 0.2) is 0 Å². The molecule has 0 aliphatic carbocycles. The van der Waals surface area contributed by atoms with Crippen molar-refractivity contribution in [1.29, 1.82) is 5.26 Å². The van der Waals surface area contributed by atoms with Crippen molar-refractivity contribution in [2.75, 3.05) is 7.11 Å². The minimum absolute atomic E-state index is 0.0960. The third kappa shape index (κ3) is 2.98. The van der Waals surface area contributed by atoms with Crippen LogP contribution < -0.4 is 0 Å². The fourth-order valence-electron chi connectivity index (χ4n) is 0.944. The normalized spacial score (nSPS) is 8.56. The molecule has 0 N–H and O–H groups in total. The SMILES string of the molecule is COC(=O)c1cnc(Cl)c(C#CCC#N)c1. The van der Waals surface area contributed by atoms with Crippen molar-refractivity contribution in [2.24, 2.45) is 0 Å². The number of pyridine rings is 1. The van der Waals surface area contributed by atoms with Crippen LogP contribution in [0.25, 0.3) is 0 Å². The molecule has 0 fully saturated rings. The molecule has 1 rings (SSSR count). The van der Waals surface area contributed by atoms with Crippen molar-refractivity contribution in [1.82, 2.24) is 4.98 Å². The molecule has 0 radical (unpaired) electrons. The predicted molar refractivity (Wildman–Crippen MR) is 57.7 cm³/mol. The Morgan fingerprint density at radius 3 is 3.06 bits per heavy atom. The van der Waals surface area contributed by atoms with Crippen LogP contribution in [-0.2, 0) is 4.74 Å². The quantitative estimate of drug-likeness (QED) is 0.422. The van der Waals surface area contributed by atoms with Crippen molar-refractivity contribution in [2.45, 2.75) is 6.42 Å². The molecular formula is C11H7ClN2O2. The molecule has 1 aromatic rings.